The summed E-state index contributed by atoms with van der Waals surface area (Å²) in [6.07, 6.45) is 2.61. The van der Waals surface area contributed by atoms with Crippen LogP contribution in [-0.2, 0) is 0 Å². The highest BCUT2D eigenvalue weighted by atomic mass is 19.1. The highest BCUT2D eigenvalue weighted by Crippen LogP contribution is 2.33. The molecule has 26 heavy (non-hydrogen) atoms. The van der Waals surface area contributed by atoms with Crippen molar-refractivity contribution >= 4 is 0 Å². The quantitative estimate of drug-likeness (QED) is 0.607. The average Bonchev–Trinajstić information content (AvgIpc) is 2.63. The van der Waals surface area contributed by atoms with Crippen LogP contribution in [-0.4, -0.2) is 17.5 Å². The molecule has 3 heteroatoms. The Bertz CT molecular complexity index is 639. The lowest BCUT2D eigenvalue weighted by Gasteiger charge is -2.43. The van der Waals surface area contributed by atoms with Gasteiger partial charge in [-0.05, 0) is 68.4 Å². The van der Waals surface area contributed by atoms with E-state index in [1.54, 1.807) is 30.3 Å². The van der Waals surface area contributed by atoms with Gasteiger partial charge in [0.1, 0.15) is 11.6 Å². The molecule has 3 atom stereocenters. The van der Waals surface area contributed by atoms with Gasteiger partial charge in [-0.15, -0.1) is 0 Å². The lowest BCUT2D eigenvalue weighted by molar-refractivity contribution is 0.0620. The van der Waals surface area contributed by atoms with E-state index in [4.69, 9.17) is 0 Å². The van der Waals surface area contributed by atoms with E-state index in [0.29, 0.717) is 12.1 Å². The van der Waals surface area contributed by atoms with Crippen molar-refractivity contribution in [3.05, 3.63) is 71.8 Å². The number of benzene rings is 2. The molecular formula is C23H31F2N. The summed E-state index contributed by atoms with van der Waals surface area (Å²) in [4.78, 5) is 2.58. The molecular weight excluding hydrogens is 328 g/mol. The fourth-order valence-corrected chi connectivity index (χ4v) is 3.59. The van der Waals surface area contributed by atoms with Crippen LogP contribution in [0, 0.1) is 23.5 Å². The summed E-state index contributed by atoms with van der Waals surface area (Å²) in [5.74, 6) is 1.21. The third-order valence-electron chi connectivity index (χ3n) is 5.49. The summed E-state index contributed by atoms with van der Waals surface area (Å²) >= 11 is 0. The summed E-state index contributed by atoms with van der Waals surface area (Å²) in [5.41, 5.74) is 1.22. The van der Waals surface area contributed by atoms with Crippen molar-refractivity contribution in [2.24, 2.45) is 11.8 Å². The Balaban J connectivity index is 0.000000290. The van der Waals surface area contributed by atoms with Crippen molar-refractivity contribution in [1.29, 1.82) is 0 Å². The fourth-order valence-electron chi connectivity index (χ4n) is 3.59. The van der Waals surface area contributed by atoms with E-state index in [1.807, 2.05) is 12.1 Å². The molecule has 142 valence electrons. The van der Waals surface area contributed by atoms with Gasteiger partial charge in [0.2, 0.25) is 0 Å². The molecule has 0 saturated carbocycles. The summed E-state index contributed by atoms with van der Waals surface area (Å²) in [5, 5.41) is 0. The lowest BCUT2D eigenvalue weighted by atomic mass is 9.84. The molecule has 0 amide bonds. The molecule has 0 aliphatic carbocycles. The van der Waals surface area contributed by atoms with Gasteiger partial charge in [-0.3, -0.25) is 4.90 Å². The molecule has 1 aliphatic rings. The maximum Gasteiger partial charge on any atom is 0.123 e. The summed E-state index contributed by atoms with van der Waals surface area (Å²) in [6, 6.07) is 15.9. The summed E-state index contributed by atoms with van der Waals surface area (Å²) in [7, 11) is 0. The zero-order valence-corrected chi connectivity index (χ0v) is 16.3. The van der Waals surface area contributed by atoms with Crippen LogP contribution in [0.15, 0.2) is 54.6 Å². The molecule has 3 rings (SSSR count). The van der Waals surface area contributed by atoms with Gasteiger partial charge in [0.15, 0.2) is 0 Å². The number of hydrogen-bond acceptors (Lipinski definition) is 1. The first-order valence-corrected chi connectivity index (χ1v) is 9.60. The SMILES string of the molecule is CC(C)[C@@H]1CC[C@H](C)N(C(C)c2ccc(F)cc2)C1.Fc1ccccc1. The molecule has 0 radical (unpaired) electrons. The standard InChI is InChI=1S/C17H26FN.C6H5F/c1-12(2)16-6-5-13(3)19(11-16)14(4)15-7-9-17(18)10-8-15;7-6-4-2-1-3-5-6/h7-10,12-14,16H,5-6,11H2,1-4H3;1-5H/t13-,14?,16+;/m0./s1. The second-order valence-electron chi connectivity index (χ2n) is 7.65. The Morgan fingerprint density at radius 1 is 0.846 bits per heavy atom. The first kappa shape index (κ1) is 20.6. The van der Waals surface area contributed by atoms with Crippen molar-refractivity contribution in [3.63, 3.8) is 0 Å². The molecule has 1 nitrogen and oxygen atoms in total. The van der Waals surface area contributed by atoms with Gasteiger partial charge in [-0.2, -0.15) is 0 Å². The predicted molar refractivity (Wildman–Crippen MR) is 105 cm³/mol. The molecule has 1 unspecified atom stereocenters. The smallest absolute Gasteiger partial charge is 0.123 e. The molecule has 0 spiro atoms. The van der Waals surface area contributed by atoms with E-state index in [-0.39, 0.29) is 11.6 Å². The molecule has 1 saturated heterocycles. The zero-order chi connectivity index (χ0) is 19.1. The highest BCUT2D eigenvalue weighted by Gasteiger charge is 2.30. The minimum Gasteiger partial charge on any atom is -0.294 e. The van der Waals surface area contributed by atoms with Gasteiger partial charge in [-0.25, -0.2) is 8.78 Å². The van der Waals surface area contributed by atoms with Crippen LogP contribution in [0.4, 0.5) is 8.78 Å². The maximum atomic E-state index is 13.0. The van der Waals surface area contributed by atoms with Crippen LogP contribution in [0.3, 0.4) is 0 Å². The maximum absolute atomic E-state index is 13.0. The third-order valence-corrected chi connectivity index (χ3v) is 5.49. The Hall–Kier alpha value is -1.74. The van der Waals surface area contributed by atoms with Gasteiger partial charge < -0.3 is 0 Å². The van der Waals surface area contributed by atoms with E-state index in [1.165, 1.54) is 30.5 Å². The number of likely N-dealkylation sites (tertiary alicyclic amines) is 1. The van der Waals surface area contributed by atoms with Crippen LogP contribution in [0.25, 0.3) is 0 Å². The number of nitrogens with zero attached hydrogens (tertiary/aromatic N) is 1. The number of piperidine rings is 1. The Kier molecular flexibility index (Phi) is 7.77. The lowest BCUT2D eigenvalue weighted by Crippen LogP contribution is -2.44. The van der Waals surface area contributed by atoms with Gasteiger partial charge in [0.05, 0.1) is 0 Å². The highest BCUT2D eigenvalue weighted by molar-refractivity contribution is 5.19. The molecule has 2 aromatic carbocycles. The molecule has 0 aromatic heterocycles. The van der Waals surface area contributed by atoms with Crippen molar-refractivity contribution in [1.82, 2.24) is 4.90 Å². The molecule has 2 aromatic rings. The average molecular weight is 360 g/mol. The molecule has 0 bridgehead atoms. The monoisotopic (exact) mass is 359 g/mol. The minimum atomic E-state index is -0.178. The van der Waals surface area contributed by atoms with E-state index >= 15 is 0 Å². The first-order valence-electron chi connectivity index (χ1n) is 9.60. The van der Waals surface area contributed by atoms with E-state index in [9.17, 15) is 8.78 Å². The molecule has 1 aliphatic heterocycles. The zero-order valence-electron chi connectivity index (χ0n) is 16.3. The molecule has 0 N–H and O–H groups in total. The number of rotatable bonds is 3. The fraction of sp³-hybridized carbons (Fsp3) is 0.478. The number of halogens is 2. The van der Waals surface area contributed by atoms with Gasteiger partial charge >= 0.3 is 0 Å². The van der Waals surface area contributed by atoms with E-state index in [0.717, 1.165) is 18.4 Å². The Labute approximate surface area is 157 Å². The minimum absolute atomic E-state index is 0.150. The topological polar surface area (TPSA) is 3.24 Å². The second-order valence-corrected chi connectivity index (χ2v) is 7.65. The second kappa shape index (κ2) is 9.82. The van der Waals surface area contributed by atoms with Gasteiger partial charge in [-0.1, -0.05) is 44.2 Å². The van der Waals surface area contributed by atoms with E-state index < -0.39 is 0 Å². The summed E-state index contributed by atoms with van der Waals surface area (Å²) in [6.45, 7) is 10.4. The van der Waals surface area contributed by atoms with Crippen LogP contribution >= 0.6 is 0 Å². The van der Waals surface area contributed by atoms with Crippen molar-refractivity contribution < 1.29 is 8.78 Å². The van der Waals surface area contributed by atoms with E-state index in [2.05, 4.69) is 32.6 Å². The van der Waals surface area contributed by atoms with Gasteiger partial charge in [0.25, 0.3) is 0 Å². The first-order chi connectivity index (χ1) is 12.4. The molecule has 1 heterocycles. The van der Waals surface area contributed by atoms with Gasteiger partial charge in [0, 0.05) is 18.6 Å². The van der Waals surface area contributed by atoms with Crippen LogP contribution in [0.1, 0.15) is 52.1 Å². The van der Waals surface area contributed by atoms with Crippen LogP contribution in [0.5, 0.6) is 0 Å². The van der Waals surface area contributed by atoms with Crippen molar-refractivity contribution in [2.75, 3.05) is 6.54 Å². The Morgan fingerprint density at radius 2 is 1.42 bits per heavy atom. The number of hydrogen-bond donors (Lipinski definition) is 0. The normalized spacial score (nSPS) is 21.8. The van der Waals surface area contributed by atoms with Crippen LogP contribution in [0.2, 0.25) is 0 Å². The summed E-state index contributed by atoms with van der Waals surface area (Å²) < 4.78 is 24.9. The predicted octanol–water partition coefficient (Wildman–Crippen LogP) is 6.47. The van der Waals surface area contributed by atoms with Crippen molar-refractivity contribution in [3.8, 4) is 0 Å². The third kappa shape index (κ3) is 5.91. The van der Waals surface area contributed by atoms with Crippen molar-refractivity contribution in [2.45, 2.75) is 52.6 Å². The molecule has 1 fully saturated rings. The van der Waals surface area contributed by atoms with Crippen LogP contribution < -0.4 is 0 Å². The Morgan fingerprint density at radius 3 is 1.92 bits per heavy atom. The largest absolute Gasteiger partial charge is 0.294 e.